The van der Waals surface area contributed by atoms with E-state index in [0.29, 0.717) is 4.88 Å². The van der Waals surface area contributed by atoms with Crippen molar-refractivity contribution in [3.63, 3.8) is 0 Å². The SMILES string of the molecule is O=C1CN(C(=O)c2cc3c(s2)CCSC3)C(C(=O)O)CN1. The van der Waals surface area contributed by atoms with Crippen molar-refractivity contribution >= 4 is 40.9 Å². The molecular formula is C13H14N2O4S2. The van der Waals surface area contributed by atoms with Crippen LogP contribution in [0.1, 0.15) is 20.1 Å². The fourth-order valence-electron chi connectivity index (χ4n) is 2.47. The van der Waals surface area contributed by atoms with E-state index in [9.17, 15) is 19.5 Å². The zero-order chi connectivity index (χ0) is 15.0. The second-order valence-corrected chi connectivity index (χ2v) is 7.19. The van der Waals surface area contributed by atoms with Gasteiger partial charge in [0.05, 0.1) is 4.88 Å². The molecule has 2 aliphatic rings. The number of thiophene rings is 1. The van der Waals surface area contributed by atoms with Gasteiger partial charge in [0, 0.05) is 17.2 Å². The summed E-state index contributed by atoms with van der Waals surface area (Å²) in [5.41, 5.74) is 1.16. The fraction of sp³-hybridized carbons (Fsp3) is 0.462. The Morgan fingerprint density at radius 1 is 1.43 bits per heavy atom. The van der Waals surface area contributed by atoms with Gasteiger partial charge in [-0.05, 0) is 23.8 Å². The summed E-state index contributed by atoms with van der Waals surface area (Å²) < 4.78 is 0. The number of piperazine rings is 1. The number of thioether (sulfide) groups is 1. The molecule has 2 N–H and O–H groups in total. The van der Waals surface area contributed by atoms with E-state index in [0.717, 1.165) is 28.4 Å². The van der Waals surface area contributed by atoms with Gasteiger partial charge in [0.15, 0.2) is 0 Å². The van der Waals surface area contributed by atoms with Crippen LogP contribution in [0.4, 0.5) is 0 Å². The summed E-state index contributed by atoms with van der Waals surface area (Å²) in [6.07, 6.45) is 0.945. The highest BCUT2D eigenvalue weighted by Gasteiger charge is 2.36. The Balaban J connectivity index is 1.86. The molecule has 0 radical (unpaired) electrons. The second kappa shape index (κ2) is 5.69. The molecule has 8 heteroatoms. The predicted octanol–water partition coefficient (Wildman–Crippen LogP) is 0.563. The molecule has 2 amide bonds. The molecule has 0 aromatic carbocycles. The van der Waals surface area contributed by atoms with Crippen LogP contribution in [0.25, 0.3) is 0 Å². The average molecular weight is 326 g/mol. The number of carboxylic acids is 1. The molecule has 112 valence electrons. The van der Waals surface area contributed by atoms with E-state index < -0.39 is 12.0 Å². The van der Waals surface area contributed by atoms with Gasteiger partial charge < -0.3 is 15.3 Å². The Morgan fingerprint density at radius 3 is 2.95 bits per heavy atom. The molecule has 1 aromatic rings. The lowest BCUT2D eigenvalue weighted by atomic mass is 10.1. The third-order valence-corrected chi connectivity index (χ3v) is 5.80. The van der Waals surface area contributed by atoms with E-state index in [2.05, 4.69) is 5.32 Å². The summed E-state index contributed by atoms with van der Waals surface area (Å²) in [5, 5.41) is 11.7. The summed E-state index contributed by atoms with van der Waals surface area (Å²) in [6, 6.07) is 0.851. The van der Waals surface area contributed by atoms with Crippen LogP contribution in [0.15, 0.2) is 6.07 Å². The predicted molar refractivity (Wildman–Crippen MR) is 79.7 cm³/mol. The van der Waals surface area contributed by atoms with Gasteiger partial charge in [0.25, 0.3) is 5.91 Å². The Bertz CT molecular complexity index is 590. The van der Waals surface area contributed by atoms with Crippen LogP contribution >= 0.6 is 23.1 Å². The average Bonchev–Trinajstić information content (AvgIpc) is 2.89. The Hall–Kier alpha value is -1.54. The maximum absolute atomic E-state index is 12.6. The van der Waals surface area contributed by atoms with Crippen LogP contribution in [0.2, 0.25) is 0 Å². The molecule has 0 aliphatic carbocycles. The first kappa shape index (κ1) is 14.4. The number of aryl methyl sites for hydroxylation is 1. The number of nitrogens with zero attached hydrogens (tertiary/aromatic N) is 1. The van der Waals surface area contributed by atoms with Crippen molar-refractivity contribution in [2.24, 2.45) is 0 Å². The number of rotatable bonds is 2. The smallest absolute Gasteiger partial charge is 0.328 e. The van der Waals surface area contributed by atoms with Crippen LogP contribution < -0.4 is 5.32 Å². The minimum Gasteiger partial charge on any atom is -0.480 e. The van der Waals surface area contributed by atoms with Crippen molar-refractivity contribution in [1.82, 2.24) is 10.2 Å². The lowest BCUT2D eigenvalue weighted by Crippen LogP contribution is -2.59. The van der Waals surface area contributed by atoms with Crippen molar-refractivity contribution in [2.45, 2.75) is 18.2 Å². The first-order valence-corrected chi connectivity index (χ1v) is 8.53. The molecular weight excluding hydrogens is 312 g/mol. The van der Waals surface area contributed by atoms with Crippen molar-refractivity contribution < 1.29 is 19.5 Å². The molecule has 3 heterocycles. The zero-order valence-corrected chi connectivity index (χ0v) is 12.8. The first-order valence-electron chi connectivity index (χ1n) is 6.56. The summed E-state index contributed by atoms with van der Waals surface area (Å²) in [4.78, 5) is 38.2. The number of hydrogen-bond donors (Lipinski definition) is 2. The highest BCUT2D eigenvalue weighted by Crippen LogP contribution is 2.32. The molecule has 0 saturated carbocycles. The van der Waals surface area contributed by atoms with Gasteiger partial charge in [-0.3, -0.25) is 9.59 Å². The topological polar surface area (TPSA) is 86.7 Å². The van der Waals surface area contributed by atoms with E-state index in [1.165, 1.54) is 16.2 Å². The largest absolute Gasteiger partial charge is 0.480 e. The molecule has 0 spiro atoms. The lowest BCUT2D eigenvalue weighted by Gasteiger charge is -2.32. The van der Waals surface area contributed by atoms with Gasteiger partial charge in [-0.2, -0.15) is 11.8 Å². The fourth-order valence-corrected chi connectivity index (χ4v) is 4.80. The molecule has 1 saturated heterocycles. The van der Waals surface area contributed by atoms with E-state index in [-0.39, 0.29) is 24.9 Å². The molecule has 2 aliphatic heterocycles. The van der Waals surface area contributed by atoms with Crippen molar-refractivity contribution in [3.05, 3.63) is 21.4 Å². The zero-order valence-electron chi connectivity index (χ0n) is 11.1. The molecule has 1 aromatic heterocycles. The number of fused-ring (bicyclic) bond motifs is 1. The van der Waals surface area contributed by atoms with Gasteiger partial charge in [-0.15, -0.1) is 11.3 Å². The second-order valence-electron chi connectivity index (χ2n) is 4.95. The molecule has 0 bridgehead atoms. The molecule has 1 fully saturated rings. The monoisotopic (exact) mass is 326 g/mol. The highest BCUT2D eigenvalue weighted by atomic mass is 32.2. The Morgan fingerprint density at radius 2 is 2.24 bits per heavy atom. The molecule has 21 heavy (non-hydrogen) atoms. The van der Waals surface area contributed by atoms with Crippen LogP contribution in [0, 0.1) is 0 Å². The number of amides is 2. The van der Waals surface area contributed by atoms with Crippen LogP contribution in [0.5, 0.6) is 0 Å². The van der Waals surface area contributed by atoms with Crippen LogP contribution in [-0.4, -0.2) is 52.7 Å². The molecule has 1 atom stereocenters. The quantitative estimate of drug-likeness (QED) is 0.829. The standard InChI is InChI=1S/C13H14N2O4S2/c16-11-5-15(8(4-14-11)13(18)19)12(17)10-3-7-6-20-2-1-9(7)21-10/h3,8H,1-2,4-6H2,(H,14,16)(H,18,19). The highest BCUT2D eigenvalue weighted by molar-refractivity contribution is 7.98. The Kier molecular flexibility index (Phi) is 3.90. The maximum atomic E-state index is 12.6. The van der Waals surface area contributed by atoms with Crippen LogP contribution in [0.3, 0.4) is 0 Å². The van der Waals surface area contributed by atoms with E-state index in [4.69, 9.17) is 0 Å². The van der Waals surface area contributed by atoms with E-state index in [1.807, 2.05) is 17.8 Å². The molecule has 6 nitrogen and oxygen atoms in total. The maximum Gasteiger partial charge on any atom is 0.328 e. The normalized spacial score (nSPS) is 21.6. The number of carbonyl (C=O) groups is 3. The number of carbonyl (C=O) groups excluding carboxylic acids is 2. The van der Waals surface area contributed by atoms with Gasteiger partial charge in [0.2, 0.25) is 5.91 Å². The van der Waals surface area contributed by atoms with E-state index >= 15 is 0 Å². The lowest BCUT2D eigenvalue weighted by molar-refractivity contribution is -0.144. The van der Waals surface area contributed by atoms with Gasteiger partial charge in [-0.25, -0.2) is 4.79 Å². The first-order chi connectivity index (χ1) is 10.1. The minimum atomic E-state index is -1.10. The van der Waals surface area contributed by atoms with Crippen LogP contribution in [-0.2, 0) is 21.8 Å². The number of carboxylic acid groups (broad SMARTS) is 1. The van der Waals surface area contributed by atoms with Gasteiger partial charge >= 0.3 is 5.97 Å². The van der Waals surface area contributed by atoms with Gasteiger partial charge in [0.1, 0.15) is 12.6 Å². The van der Waals surface area contributed by atoms with E-state index in [1.54, 1.807) is 0 Å². The summed E-state index contributed by atoms with van der Waals surface area (Å²) in [7, 11) is 0. The Labute approximate surface area is 129 Å². The summed E-state index contributed by atoms with van der Waals surface area (Å²) >= 11 is 3.25. The number of nitrogens with one attached hydrogen (secondary N) is 1. The van der Waals surface area contributed by atoms with Crippen molar-refractivity contribution in [3.8, 4) is 0 Å². The third-order valence-electron chi connectivity index (χ3n) is 3.57. The summed E-state index contributed by atoms with van der Waals surface area (Å²) in [6.45, 7) is -0.242. The third kappa shape index (κ3) is 2.77. The molecule has 3 rings (SSSR count). The van der Waals surface area contributed by atoms with Crippen molar-refractivity contribution in [2.75, 3.05) is 18.8 Å². The summed E-state index contributed by atoms with van der Waals surface area (Å²) in [5.74, 6) is 0.159. The van der Waals surface area contributed by atoms with Gasteiger partial charge in [-0.1, -0.05) is 0 Å². The number of hydrogen-bond acceptors (Lipinski definition) is 5. The van der Waals surface area contributed by atoms with Crippen molar-refractivity contribution in [1.29, 1.82) is 0 Å². The molecule has 1 unspecified atom stereocenters. The minimum absolute atomic E-state index is 0.0408. The number of aliphatic carboxylic acids is 1.